The van der Waals surface area contributed by atoms with E-state index in [0.29, 0.717) is 11.5 Å². The number of hydrogen-bond donors (Lipinski definition) is 1. The maximum Gasteiger partial charge on any atom is 0.156 e. The van der Waals surface area contributed by atoms with Gasteiger partial charge < -0.3 is 10.5 Å². The fourth-order valence-electron chi connectivity index (χ4n) is 2.44. The molecule has 5 nitrogen and oxygen atoms in total. The first-order chi connectivity index (χ1) is 10.6. The van der Waals surface area contributed by atoms with Crippen molar-refractivity contribution in [3.05, 3.63) is 53.6 Å². The highest BCUT2D eigenvalue weighted by atomic mass is 16.5. The quantitative estimate of drug-likeness (QED) is 0.806. The number of benzene rings is 2. The molecule has 5 heteroatoms. The molecule has 0 atom stereocenters. The lowest BCUT2D eigenvalue weighted by atomic mass is 10.1. The molecule has 0 fully saturated rings. The molecule has 0 saturated heterocycles. The number of nitrogens with two attached hydrogens (primary N) is 1. The Labute approximate surface area is 129 Å². The molecular weight excluding hydrogens is 276 g/mol. The number of aryl methyl sites for hydroxylation is 2. The minimum Gasteiger partial charge on any atom is -0.496 e. The van der Waals surface area contributed by atoms with E-state index in [1.165, 1.54) is 0 Å². The summed E-state index contributed by atoms with van der Waals surface area (Å²) in [5, 5.41) is 8.44. The summed E-state index contributed by atoms with van der Waals surface area (Å²) < 4.78 is 7.05. The van der Waals surface area contributed by atoms with E-state index in [-0.39, 0.29) is 0 Å². The molecule has 22 heavy (non-hydrogen) atoms. The van der Waals surface area contributed by atoms with Gasteiger partial charge in [0.05, 0.1) is 12.8 Å². The summed E-state index contributed by atoms with van der Waals surface area (Å²) in [6.07, 6.45) is 0. The van der Waals surface area contributed by atoms with Gasteiger partial charge in [0, 0.05) is 5.56 Å². The van der Waals surface area contributed by atoms with Crippen molar-refractivity contribution in [1.82, 2.24) is 15.0 Å². The van der Waals surface area contributed by atoms with Gasteiger partial charge in [-0.1, -0.05) is 29.0 Å². The number of nitrogens with zero attached hydrogens (tertiary/aromatic N) is 3. The van der Waals surface area contributed by atoms with E-state index < -0.39 is 0 Å². The monoisotopic (exact) mass is 294 g/mol. The summed E-state index contributed by atoms with van der Waals surface area (Å²) >= 11 is 0. The van der Waals surface area contributed by atoms with Crippen LogP contribution in [-0.2, 0) is 0 Å². The fraction of sp³-hybridized carbons (Fsp3) is 0.176. The van der Waals surface area contributed by atoms with Gasteiger partial charge in [-0.2, -0.15) is 4.68 Å². The van der Waals surface area contributed by atoms with Crippen LogP contribution in [-0.4, -0.2) is 22.1 Å². The summed E-state index contributed by atoms with van der Waals surface area (Å²) in [5.74, 6) is 1.23. The molecule has 112 valence electrons. The standard InChI is InChI=1S/C17H18N4O/c1-11-5-4-6-13(9-11)21-17(18)16(19-20-21)14-10-12(2)7-8-15(14)22-3/h4-10H,18H2,1-3H3. The Bertz CT molecular complexity index is 823. The zero-order chi connectivity index (χ0) is 15.7. The van der Waals surface area contributed by atoms with Gasteiger partial charge in [0.2, 0.25) is 0 Å². The number of aromatic nitrogens is 3. The SMILES string of the molecule is COc1ccc(C)cc1-c1nnn(-c2cccc(C)c2)c1N. The van der Waals surface area contributed by atoms with E-state index in [0.717, 1.165) is 28.1 Å². The van der Waals surface area contributed by atoms with Crippen molar-refractivity contribution in [2.75, 3.05) is 12.8 Å². The Morgan fingerprint density at radius 1 is 1.05 bits per heavy atom. The third kappa shape index (κ3) is 2.41. The van der Waals surface area contributed by atoms with Crippen LogP contribution in [0.5, 0.6) is 5.75 Å². The minimum atomic E-state index is 0.495. The third-order valence-corrected chi connectivity index (χ3v) is 3.56. The van der Waals surface area contributed by atoms with Crippen molar-refractivity contribution in [3.8, 4) is 22.7 Å². The molecular formula is C17H18N4O. The van der Waals surface area contributed by atoms with Gasteiger partial charge in [-0.05, 0) is 43.7 Å². The summed E-state index contributed by atoms with van der Waals surface area (Å²) in [6.45, 7) is 4.05. The van der Waals surface area contributed by atoms with Gasteiger partial charge in [0.25, 0.3) is 0 Å². The van der Waals surface area contributed by atoms with Crippen LogP contribution in [0.2, 0.25) is 0 Å². The number of methoxy groups -OCH3 is 1. The Hall–Kier alpha value is -2.82. The van der Waals surface area contributed by atoms with Crippen LogP contribution < -0.4 is 10.5 Å². The van der Waals surface area contributed by atoms with Crippen LogP contribution >= 0.6 is 0 Å². The molecule has 0 aliphatic heterocycles. The van der Waals surface area contributed by atoms with Crippen molar-refractivity contribution < 1.29 is 4.74 Å². The maximum atomic E-state index is 6.27. The van der Waals surface area contributed by atoms with Crippen LogP contribution in [0.3, 0.4) is 0 Å². The van der Waals surface area contributed by atoms with Gasteiger partial charge >= 0.3 is 0 Å². The molecule has 0 spiro atoms. The predicted molar refractivity (Wildman–Crippen MR) is 87.2 cm³/mol. The molecule has 1 heterocycles. The van der Waals surface area contributed by atoms with Crippen molar-refractivity contribution in [2.45, 2.75) is 13.8 Å². The normalized spacial score (nSPS) is 10.7. The van der Waals surface area contributed by atoms with E-state index in [4.69, 9.17) is 10.5 Å². The zero-order valence-corrected chi connectivity index (χ0v) is 12.9. The van der Waals surface area contributed by atoms with Crippen molar-refractivity contribution in [3.63, 3.8) is 0 Å². The number of nitrogen functional groups attached to an aromatic ring is 1. The first-order valence-electron chi connectivity index (χ1n) is 7.03. The van der Waals surface area contributed by atoms with Crippen molar-refractivity contribution in [1.29, 1.82) is 0 Å². The van der Waals surface area contributed by atoms with Gasteiger partial charge in [-0.3, -0.25) is 0 Å². The lowest BCUT2D eigenvalue weighted by Gasteiger charge is -2.08. The van der Waals surface area contributed by atoms with Gasteiger partial charge in [0.1, 0.15) is 11.4 Å². The van der Waals surface area contributed by atoms with E-state index in [9.17, 15) is 0 Å². The van der Waals surface area contributed by atoms with Crippen molar-refractivity contribution >= 4 is 5.82 Å². The molecule has 0 aliphatic carbocycles. The van der Waals surface area contributed by atoms with Crippen LogP contribution in [0.25, 0.3) is 16.9 Å². The Kier molecular flexibility index (Phi) is 3.55. The lowest BCUT2D eigenvalue weighted by molar-refractivity contribution is 0.416. The van der Waals surface area contributed by atoms with Crippen LogP contribution in [0.15, 0.2) is 42.5 Å². The second kappa shape index (κ2) is 5.52. The molecule has 0 saturated carbocycles. The summed E-state index contributed by atoms with van der Waals surface area (Å²) in [4.78, 5) is 0. The third-order valence-electron chi connectivity index (χ3n) is 3.56. The largest absolute Gasteiger partial charge is 0.496 e. The highest BCUT2D eigenvalue weighted by Crippen LogP contribution is 2.33. The Morgan fingerprint density at radius 2 is 1.82 bits per heavy atom. The van der Waals surface area contributed by atoms with Gasteiger partial charge in [-0.15, -0.1) is 5.10 Å². The van der Waals surface area contributed by atoms with Crippen LogP contribution in [0.1, 0.15) is 11.1 Å². The molecule has 3 aromatic rings. The number of ether oxygens (including phenoxy) is 1. The molecule has 2 aromatic carbocycles. The molecule has 0 bridgehead atoms. The topological polar surface area (TPSA) is 66.0 Å². The second-order valence-corrected chi connectivity index (χ2v) is 5.28. The van der Waals surface area contributed by atoms with Gasteiger partial charge in [0.15, 0.2) is 5.82 Å². The molecule has 3 rings (SSSR count). The van der Waals surface area contributed by atoms with E-state index in [2.05, 4.69) is 10.3 Å². The number of rotatable bonds is 3. The summed E-state index contributed by atoms with van der Waals surface area (Å²) in [5.41, 5.74) is 10.9. The van der Waals surface area contributed by atoms with E-state index >= 15 is 0 Å². The second-order valence-electron chi connectivity index (χ2n) is 5.28. The highest BCUT2D eigenvalue weighted by Gasteiger charge is 2.17. The minimum absolute atomic E-state index is 0.495. The average Bonchev–Trinajstić information content (AvgIpc) is 2.89. The first kappa shape index (κ1) is 14.1. The summed E-state index contributed by atoms with van der Waals surface area (Å²) in [6, 6.07) is 13.9. The fourth-order valence-corrected chi connectivity index (χ4v) is 2.44. The van der Waals surface area contributed by atoms with E-state index in [1.54, 1.807) is 11.8 Å². The molecule has 0 radical (unpaired) electrons. The van der Waals surface area contributed by atoms with Crippen LogP contribution in [0, 0.1) is 13.8 Å². The Balaban J connectivity index is 2.14. The predicted octanol–water partition coefficient (Wildman–Crippen LogP) is 3.14. The first-order valence-corrected chi connectivity index (χ1v) is 7.03. The maximum absolute atomic E-state index is 6.27. The lowest BCUT2D eigenvalue weighted by Crippen LogP contribution is -2.02. The van der Waals surface area contributed by atoms with Crippen molar-refractivity contribution in [2.24, 2.45) is 0 Å². The number of anilines is 1. The summed E-state index contributed by atoms with van der Waals surface area (Å²) in [7, 11) is 1.63. The molecule has 0 amide bonds. The molecule has 2 N–H and O–H groups in total. The highest BCUT2D eigenvalue weighted by molar-refractivity contribution is 5.76. The zero-order valence-electron chi connectivity index (χ0n) is 12.9. The smallest absolute Gasteiger partial charge is 0.156 e. The average molecular weight is 294 g/mol. The Morgan fingerprint density at radius 3 is 2.55 bits per heavy atom. The van der Waals surface area contributed by atoms with Crippen LogP contribution in [0.4, 0.5) is 5.82 Å². The molecule has 0 unspecified atom stereocenters. The van der Waals surface area contributed by atoms with E-state index in [1.807, 2.05) is 56.3 Å². The molecule has 0 aliphatic rings. The van der Waals surface area contributed by atoms with Gasteiger partial charge in [-0.25, -0.2) is 0 Å². The number of hydrogen-bond acceptors (Lipinski definition) is 4. The molecule has 1 aromatic heterocycles.